The third-order valence-electron chi connectivity index (χ3n) is 4.17. The molecular weight excluding hydrogens is 268 g/mol. The minimum Gasteiger partial charge on any atom is -0.480 e. The van der Waals surface area contributed by atoms with Crippen LogP contribution in [0.3, 0.4) is 0 Å². The average molecular weight is 298 g/mol. The molecule has 0 bridgehead atoms. The number of nitrogens with one attached hydrogen (secondary N) is 1. The van der Waals surface area contributed by atoms with Crippen molar-refractivity contribution in [3.8, 4) is 0 Å². The van der Waals surface area contributed by atoms with Gasteiger partial charge in [0.25, 0.3) is 0 Å². The third kappa shape index (κ3) is 5.94. The van der Waals surface area contributed by atoms with E-state index in [2.05, 4.69) is 19.2 Å². The van der Waals surface area contributed by atoms with Gasteiger partial charge >= 0.3 is 12.0 Å². The lowest BCUT2D eigenvalue weighted by Crippen LogP contribution is -2.51. The van der Waals surface area contributed by atoms with E-state index in [-0.39, 0.29) is 12.1 Å². The molecule has 0 aromatic heterocycles. The summed E-state index contributed by atoms with van der Waals surface area (Å²) in [4.78, 5) is 25.4. The topological polar surface area (TPSA) is 69.6 Å². The lowest BCUT2D eigenvalue weighted by molar-refractivity contribution is -0.142. The number of carbonyl (C=O) groups excluding carboxylic acids is 1. The number of nitrogens with zero attached hydrogens (tertiary/aromatic N) is 1. The van der Waals surface area contributed by atoms with E-state index in [9.17, 15) is 14.7 Å². The normalized spacial score (nSPS) is 20.7. The highest BCUT2D eigenvalue weighted by atomic mass is 16.4. The Labute approximate surface area is 128 Å². The minimum atomic E-state index is -0.882. The zero-order valence-corrected chi connectivity index (χ0v) is 13.4. The molecule has 5 heteroatoms. The second kappa shape index (κ2) is 9.64. The van der Waals surface area contributed by atoms with Crippen LogP contribution in [0.4, 0.5) is 4.79 Å². The predicted molar refractivity (Wildman–Crippen MR) is 83.4 cm³/mol. The van der Waals surface area contributed by atoms with Crippen molar-refractivity contribution in [1.82, 2.24) is 10.2 Å². The zero-order valence-electron chi connectivity index (χ0n) is 13.4. The molecule has 0 radical (unpaired) electrons. The molecule has 0 spiro atoms. The molecule has 2 amide bonds. The highest BCUT2D eigenvalue weighted by Gasteiger charge is 2.31. The number of hydrogen-bond acceptors (Lipinski definition) is 2. The fourth-order valence-electron chi connectivity index (χ4n) is 2.95. The highest BCUT2D eigenvalue weighted by molar-refractivity contribution is 5.82. The molecule has 1 rings (SSSR count). The van der Waals surface area contributed by atoms with Gasteiger partial charge in [0, 0.05) is 12.6 Å². The molecule has 1 saturated heterocycles. The molecule has 1 aliphatic heterocycles. The summed E-state index contributed by atoms with van der Waals surface area (Å²) in [5, 5.41) is 12.4. The third-order valence-corrected chi connectivity index (χ3v) is 4.17. The molecule has 1 heterocycles. The molecule has 21 heavy (non-hydrogen) atoms. The standard InChI is InChI=1S/C16H30N2O3/c1-3-5-10-13(9-4-2)17-16(21)18-12-8-6-7-11-14(18)15(19)20/h13-14H,3-12H2,1-2H3,(H,17,21)(H,19,20). The van der Waals surface area contributed by atoms with Crippen LogP contribution >= 0.6 is 0 Å². The molecule has 2 N–H and O–H groups in total. The van der Waals surface area contributed by atoms with Crippen LogP contribution in [0.5, 0.6) is 0 Å². The molecule has 0 aliphatic carbocycles. The van der Waals surface area contributed by atoms with Crippen LogP contribution in [-0.4, -0.2) is 40.6 Å². The van der Waals surface area contributed by atoms with Crippen LogP contribution in [0.1, 0.15) is 71.6 Å². The van der Waals surface area contributed by atoms with E-state index in [1.807, 2.05) is 0 Å². The van der Waals surface area contributed by atoms with Crippen LogP contribution in [-0.2, 0) is 4.79 Å². The Morgan fingerprint density at radius 2 is 1.95 bits per heavy atom. The van der Waals surface area contributed by atoms with Crippen LogP contribution < -0.4 is 5.32 Å². The van der Waals surface area contributed by atoms with Gasteiger partial charge in [-0.3, -0.25) is 0 Å². The molecular formula is C16H30N2O3. The monoisotopic (exact) mass is 298 g/mol. The maximum Gasteiger partial charge on any atom is 0.326 e. The molecule has 2 unspecified atom stereocenters. The number of rotatable bonds is 7. The number of hydrogen-bond donors (Lipinski definition) is 2. The molecule has 122 valence electrons. The van der Waals surface area contributed by atoms with E-state index in [1.54, 1.807) is 0 Å². The first-order valence-electron chi connectivity index (χ1n) is 8.40. The maximum atomic E-state index is 12.5. The number of carbonyl (C=O) groups is 2. The number of amides is 2. The minimum absolute atomic E-state index is 0.167. The van der Waals surface area contributed by atoms with Gasteiger partial charge in [-0.2, -0.15) is 0 Å². The van der Waals surface area contributed by atoms with Crippen LogP contribution in [0.15, 0.2) is 0 Å². The van der Waals surface area contributed by atoms with Gasteiger partial charge in [0.15, 0.2) is 0 Å². The molecule has 0 saturated carbocycles. The second-order valence-corrected chi connectivity index (χ2v) is 5.97. The molecule has 1 fully saturated rings. The number of aliphatic carboxylic acids is 1. The van der Waals surface area contributed by atoms with Crippen molar-refractivity contribution in [2.24, 2.45) is 0 Å². The number of unbranched alkanes of at least 4 members (excludes halogenated alkanes) is 1. The Hall–Kier alpha value is -1.26. The van der Waals surface area contributed by atoms with Crippen LogP contribution in [0.25, 0.3) is 0 Å². The number of carboxylic acid groups (broad SMARTS) is 1. The van der Waals surface area contributed by atoms with E-state index < -0.39 is 12.0 Å². The number of urea groups is 1. The molecule has 5 nitrogen and oxygen atoms in total. The van der Waals surface area contributed by atoms with E-state index in [0.29, 0.717) is 13.0 Å². The fourth-order valence-corrected chi connectivity index (χ4v) is 2.95. The first-order valence-corrected chi connectivity index (χ1v) is 8.40. The molecule has 0 aromatic carbocycles. The Balaban J connectivity index is 2.65. The van der Waals surface area contributed by atoms with E-state index >= 15 is 0 Å². The van der Waals surface area contributed by atoms with Crippen molar-refractivity contribution >= 4 is 12.0 Å². The van der Waals surface area contributed by atoms with Crippen molar-refractivity contribution in [2.45, 2.75) is 83.7 Å². The molecule has 0 aromatic rings. The zero-order chi connectivity index (χ0) is 15.7. The van der Waals surface area contributed by atoms with Crippen molar-refractivity contribution in [2.75, 3.05) is 6.54 Å². The van der Waals surface area contributed by atoms with Gasteiger partial charge in [0.05, 0.1) is 0 Å². The van der Waals surface area contributed by atoms with Gasteiger partial charge in [0.2, 0.25) is 0 Å². The Kier molecular flexibility index (Phi) is 8.16. The van der Waals surface area contributed by atoms with Crippen molar-refractivity contribution in [3.05, 3.63) is 0 Å². The highest BCUT2D eigenvalue weighted by Crippen LogP contribution is 2.18. The number of carboxylic acids is 1. The van der Waals surface area contributed by atoms with Gasteiger partial charge in [-0.05, 0) is 25.7 Å². The summed E-state index contributed by atoms with van der Waals surface area (Å²) in [6, 6.07) is -0.694. The fraction of sp³-hybridized carbons (Fsp3) is 0.875. The maximum absolute atomic E-state index is 12.5. The summed E-state index contributed by atoms with van der Waals surface area (Å²) in [7, 11) is 0. The first-order chi connectivity index (χ1) is 10.1. The Morgan fingerprint density at radius 1 is 1.19 bits per heavy atom. The summed E-state index contributed by atoms with van der Waals surface area (Å²) in [6.07, 6.45) is 8.50. The quantitative estimate of drug-likeness (QED) is 0.757. The number of likely N-dealkylation sites (tertiary alicyclic amines) is 1. The smallest absolute Gasteiger partial charge is 0.326 e. The summed E-state index contributed by atoms with van der Waals surface area (Å²) in [5.41, 5.74) is 0. The summed E-state index contributed by atoms with van der Waals surface area (Å²) >= 11 is 0. The summed E-state index contributed by atoms with van der Waals surface area (Å²) in [6.45, 7) is 4.80. The Morgan fingerprint density at radius 3 is 2.57 bits per heavy atom. The second-order valence-electron chi connectivity index (χ2n) is 5.97. The predicted octanol–water partition coefficient (Wildman–Crippen LogP) is 3.38. The largest absolute Gasteiger partial charge is 0.480 e. The van der Waals surface area contributed by atoms with Crippen molar-refractivity contribution in [1.29, 1.82) is 0 Å². The molecule has 2 atom stereocenters. The lowest BCUT2D eigenvalue weighted by atomic mass is 10.1. The summed E-state index contributed by atoms with van der Waals surface area (Å²) in [5.74, 6) is -0.882. The van der Waals surface area contributed by atoms with E-state index in [1.165, 1.54) is 4.90 Å². The van der Waals surface area contributed by atoms with Crippen molar-refractivity contribution < 1.29 is 14.7 Å². The first kappa shape index (κ1) is 17.8. The van der Waals surface area contributed by atoms with Gasteiger partial charge in [0.1, 0.15) is 6.04 Å². The van der Waals surface area contributed by atoms with E-state index in [4.69, 9.17) is 0 Å². The van der Waals surface area contributed by atoms with Gasteiger partial charge in [-0.15, -0.1) is 0 Å². The van der Waals surface area contributed by atoms with E-state index in [0.717, 1.165) is 51.4 Å². The van der Waals surface area contributed by atoms with Gasteiger partial charge < -0.3 is 15.3 Å². The SMILES string of the molecule is CCCCC(CCC)NC(=O)N1CCCCCC1C(=O)O. The summed E-state index contributed by atoms with van der Waals surface area (Å²) < 4.78 is 0. The van der Waals surface area contributed by atoms with Crippen LogP contribution in [0.2, 0.25) is 0 Å². The van der Waals surface area contributed by atoms with Gasteiger partial charge in [-0.25, -0.2) is 9.59 Å². The Bertz CT molecular complexity index is 333. The van der Waals surface area contributed by atoms with Gasteiger partial charge in [-0.1, -0.05) is 46.0 Å². The lowest BCUT2D eigenvalue weighted by Gasteiger charge is -2.29. The van der Waals surface area contributed by atoms with Crippen molar-refractivity contribution in [3.63, 3.8) is 0 Å². The molecule has 1 aliphatic rings. The average Bonchev–Trinajstić information content (AvgIpc) is 2.70. The van der Waals surface area contributed by atoms with Crippen LogP contribution in [0, 0.1) is 0 Å².